The van der Waals surface area contributed by atoms with E-state index in [4.69, 9.17) is 4.74 Å². The van der Waals surface area contributed by atoms with Crippen molar-refractivity contribution in [3.63, 3.8) is 0 Å². The molecule has 0 saturated carbocycles. The molecule has 33 heavy (non-hydrogen) atoms. The number of carbonyl (C=O) groups is 1. The Bertz CT molecular complexity index is 1260. The van der Waals surface area contributed by atoms with Crippen LogP contribution in [0.1, 0.15) is 42.6 Å². The van der Waals surface area contributed by atoms with E-state index in [-0.39, 0.29) is 23.0 Å². The predicted octanol–water partition coefficient (Wildman–Crippen LogP) is 5.19. The Morgan fingerprint density at radius 2 is 1.82 bits per heavy atom. The molecule has 0 aliphatic carbocycles. The lowest BCUT2D eigenvalue weighted by Crippen LogP contribution is -2.32. The highest BCUT2D eigenvalue weighted by Crippen LogP contribution is 2.39. The summed E-state index contributed by atoms with van der Waals surface area (Å²) in [6.07, 6.45) is -1.69. The van der Waals surface area contributed by atoms with E-state index in [0.29, 0.717) is 17.0 Å². The number of fused-ring (bicyclic) bond motifs is 1. The smallest absolute Gasteiger partial charge is 0.418 e. The number of pyridine rings is 1. The number of nitrogens with zero attached hydrogens (tertiary/aromatic N) is 1. The van der Waals surface area contributed by atoms with Crippen molar-refractivity contribution in [3.8, 4) is 5.75 Å². The van der Waals surface area contributed by atoms with Crippen LogP contribution in [-0.4, -0.2) is 30.1 Å². The Morgan fingerprint density at radius 3 is 2.45 bits per heavy atom. The van der Waals surface area contributed by atoms with Crippen molar-refractivity contribution in [2.45, 2.75) is 44.9 Å². The molecule has 9 heteroatoms. The Labute approximate surface area is 188 Å². The van der Waals surface area contributed by atoms with Gasteiger partial charge in [-0.3, -0.25) is 9.59 Å². The van der Waals surface area contributed by atoms with Crippen molar-refractivity contribution in [2.24, 2.45) is 0 Å². The third-order valence-electron chi connectivity index (χ3n) is 6.14. The van der Waals surface area contributed by atoms with Crippen LogP contribution in [0, 0.1) is 0 Å². The number of carbonyl (C=O) groups excluding carboxylic acids is 1. The van der Waals surface area contributed by atoms with Gasteiger partial charge in [0.1, 0.15) is 11.3 Å². The first kappa shape index (κ1) is 22.7. The van der Waals surface area contributed by atoms with E-state index < -0.39 is 28.8 Å². The van der Waals surface area contributed by atoms with Gasteiger partial charge in [0.15, 0.2) is 0 Å². The number of halogens is 3. The standard InChI is InChI=1S/C24H24F3N3O3/c1-13-4-5-14(2)30(13)15-6-8-21(19(10-15)24(25,26)27)29-23(32)18-12-28-20-9-7-16(33-3)11-17(20)22(18)31/h6-14H,4-5H2,1-3H3,(H,28,31)(H,29,32)/t13-,14-/m1/s1. The molecule has 0 unspecified atom stereocenters. The number of hydrogen-bond donors (Lipinski definition) is 2. The fourth-order valence-corrected chi connectivity index (χ4v) is 4.42. The highest BCUT2D eigenvalue weighted by Gasteiger charge is 2.36. The fourth-order valence-electron chi connectivity index (χ4n) is 4.42. The number of alkyl halides is 3. The van der Waals surface area contributed by atoms with Crippen LogP contribution in [0.15, 0.2) is 47.4 Å². The summed E-state index contributed by atoms with van der Waals surface area (Å²) < 4.78 is 46.8. The first-order chi connectivity index (χ1) is 15.6. The maximum atomic E-state index is 13.9. The molecule has 174 valence electrons. The molecule has 2 aromatic carbocycles. The second kappa shape index (κ2) is 8.46. The Morgan fingerprint density at radius 1 is 1.12 bits per heavy atom. The van der Waals surface area contributed by atoms with Gasteiger partial charge in [-0.15, -0.1) is 0 Å². The van der Waals surface area contributed by atoms with Crippen LogP contribution < -0.4 is 20.4 Å². The van der Waals surface area contributed by atoms with E-state index in [2.05, 4.69) is 10.3 Å². The molecule has 1 aliphatic heterocycles. The number of amides is 1. The number of nitrogens with one attached hydrogen (secondary N) is 2. The summed E-state index contributed by atoms with van der Waals surface area (Å²) in [5.41, 5.74) is -1.33. The number of rotatable bonds is 4. The van der Waals surface area contributed by atoms with Crippen molar-refractivity contribution in [1.29, 1.82) is 0 Å². The van der Waals surface area contributed by atoms with Gasteiger partial charge < -0.3 is 19.9 Å². The molecule has 1 aromatic heterocycles. The Kier molecular flexibility index (Phi) is 5.82. The maximum absolute atomic E-state index is 13.9. The van der Waals surface area contributed by atoms with Gasteiger partial charge >= 0.3 is 6.18 Å². The summed E-state index contributed by atoms with van der Waals surface area (Å²) >= 11 is 0. The van der Waals surface area contributed by atoms with E-state index in [1.165, 1.54) is 25.4 Å². The minimum atomic E-state index is -4.69. The molecule has 1 aliphatic rings. The summed E-state index contributed by atoms with van der Waals surface area (Å²) in [7, 11) is 1.44. The van der Waals surface area contributed by atoms with Crippen LogP contribution in [0.3, 0.4) is 0 Å². The molecule has 1 amide bonds. The molecular weight excluding hydrogens is 435 g/mol. The van der Waals surface area contributed by atoms with Gasteiger partial charge in [0.2, 0.25) is 5.43 Å². The van der Waals surface area contributed by atoms with Crippen molar-refractivity contribution in [2.75, 3.05) is 17.3 Å². The van der Waals surface area contributed by atoms with Crippen LogP contribution in [-0.2, 0) is 6.18 Å². The van der Waals surface area contributed by atoms with Crippen molar-refractivity contribution in [3.05, 3.63) is 63.9 Å². The van der Waals surface area contributed by atoms with Gasteiger partial charge in [-0.2, -0.15) is 13.2 Å². The van der Waals surface area contributed by atoms with Crippen LogP contribution in [0.4, 0.5) is 24.5 Å². The molecule has 6 nitrogen and oxygen atoms in total. The number of benzene rings is 2. The monoisotopic (exact) mass is 459 g/mol. The van der Waals surface area contributed by atoms with Crippen LogP contribution in [0.2, 0.25) is 0 Å². The lowest BCUT2D eigenvalue weighted by Gasteiger charge is -2.30. The third-order valence-corrected chi connectivity index (χ3v) is 6.14. The largest absolute Gasteiger partial charge is 0.497 e. The molecule has 1 fully saturated rings. The molecule has 2 N–H and O–H groups in total. The average molecular weight is 459 g/mol. The summed E-state index contributed by atoms with van der Waals surface area (Å²) in [5, 5.41) is 2.48. The average Bonchev–Trinajstić information content (AvgIpc) is 3.11. The number of H-pyrrole nitrogens is 1. The molecular formula is C24H24F3N3O3. The normalized spacial score (nSPS) is 18.5. The lowest BCUT2D eigenvalue weighted by molar-refractivity contribution is -0.136. The number of ether oxygens (including phenoxy) is 1. The zero-order valence-electron chi connectivity index (χ0n) is 18.4. The van der Waals surface area contributed by atoms with Gasteiger partial charge in [0, 0.05) is 34.9 Å². The minimum Gasteiger partial charge on any atom is -0.497 e. The summed E-state index contributed by atoms with van der Waals surface area (Å²) in [4.78, 5) is 30.5. The number of anilines is 2. The fraction of sp³-hybridized carbons (Fsp3) is 0.333. The molecule has 0 radical (unpaired) electrons. The van der Waals surface area contributed by atoms with Gasteiger partial charge in [0.25, 0.3) is 5.91 Å². The predicted molar refractivity (Wildman–Crippen MR) is 121 cm³/mol. The maximum Gasteiger partial charge on any atom is 0.418 e. The Hall–Kier alpha value is -3.49. The van der Waals surface area contributed by atoms with Crippen molar-refractivity contribution >= 4 is 28.2 Å². The summed E-state index contributed by atoms with van der Waals surface area (Å²) in [6.45, 7) is 3.96. The molecule has 3 aromatic rings. The first-order valence-corrected chi connectivity index (χ1v) is 10.6. The molecule has 0 bridgehead atoms. The van der Waals surface area contributed by atoms with Gasteiger partial charge in [0.05, 0.1) is 18.4 Å². The number of aromatic nitrogens is 1. The van der Waals surface area contributed by atoms with E-state index in [0.717, 1.165) is 18.9 Å². The summed E-state index contributed by atoms with van der Waals surface area (Å²) in [5.74, 6) is -0.506. The summed E-state index contributed by atoms with van der Waals surface area (Å²) in [6, 6.07) is 8.85. The number of hydrogen-bond acceptors (Lipinski definition) is 4. The van der Waals surface area contributed by atoms with Gasteiger partial charge in [-0.1, -0.05) is 0 Å². The van der Waals surface area contributed by atoms with E-state index >= 15 is 0 Å². The SMILES string of the molecule is COc1ccc2[nH]cc(C(=O)Nc3ccc(N4[C@H](C)CC[C@H]4C)cc3C(F)(F)F)c(=O)c2c1. The zero-order chi connectivity index (χ0) is 23.9. The molecule has 2 atom stereocenters. The van der Waals surface area contributed by atoms with E-state index in [9.17, 15) is 22.8 Å². The number of aromatic amines is 1. The van der Waals surface area contributed by atoms with Crippen LogP contribution in [0.25, 0.3) is 10.9 Å². The van der Waals surface area contributed by atoms with E-state index in [1.807, 2.05) is 18.7 Å². The van der Waals surface area contributed by atoms with E-state index in [1.54, 1.807) is 18.2 Å². The molecule has 1 saturated heterocycles. The first-order valence-electron chi connectivity index (χ1n) is 10.6. The third kappa shape index (κ3) is 4.27. The van der Waals surface area contributed by atoms with Crippen molar-refractivity contribution < 1.29 is 22.7 Å². The molecule has 4 rings (SSSR count). The highest BCUT2D eigenvalue weighted by molar-refractivity contribution is 6.06. The Balaban J connectivity index is 1.71. The van der Waals surface area contributed by atoms with Crippen molar-refractivity contribution in [1.82, 2.24) is 4.98 Å². The minimum absolute atomic E-state index is 0.120. The lowest BCUT2D eigenvalue weighted by atomic mass is 10.1. The quantitative estimate of drug-likeness (QED) is 0.564. The highest BCUT2D eigenvalue weighted by atomic mass is 19.4. The van der Waals surface area contributed by atoms with Crippen LogP contribution >= 0.6 is 0 Å². The second-order valence-electron chi connectivity index (χ2n) is 8.31. The number of methoxy groups -OCH3 is 1. The topological polar surface area (TPSA) is 74.4 Å². The van der Waals surface area contributed by atoms with Gasteiger partial charge in [-0.25, -0.2) is 0 Å². The van der Waals surface area contributed by atoms with Crippen LogP contribution in [0.5, 0.6) is 5.75 Å². The second-order valence-corrected chi connectivity index (χ2v) is 8.31. The zero-order valence-corrected chi connectivity index (χ0v) is 18.4. The van der Waals surface area contributed by atoms with Gasteiger partial charge in [-0.05, 0) is 63.1 Å². The molecule has 2 heterocycles. The molecule has 0 spiro atoms.